The average Bonchev–Trinajstić information content (AvgIpc) is 2.97. The van der Waals surface area contributed by atoms with E-state index in [2.05, 4.69) is 10.2 Å². The molecule has 0 atom stereocenters. The summed E-state index contributed by atoms with van der Waals surface area (Å²) in [5, 5.41) is 14.4. The number of nitrogens with zero attached hydrogens (tertiary/aromatic N) is 2. The molecule has 1 saturated heterocycles. The molecule has 1 aliphatic rings. The van der Waals surface area contributed by atoms with Gasteiger partial charge in [-0.05, 0) is 58.0 Å². The lowest BCUT2D eigenvalue weighted by molar-refractivity contribution is -0.384. The molecule has 1 N–H and O–H groups in total. The van der Waals surface area contributed by atoms with Crippen LogP contribution < -0.4 is 10.1 Å². The number of hydrogen-bond donors (Lipinski definition) is 1. The van der Waals surface area contributed by atoms with Gasteiger partial charge in [-0.1, -0.05) is 6.07 Å². The third-order valence-electron chi connectivity index (χ3n) is 3.65. The number of rotatable bonds is 8. The van der Waals surface area contributed by atoms with Gasteiger partial charge in [-0.25, -0.2) is 0 Å². The summed E-state index contributed by atoms with van der Waals surface area (Å²) in [6.07, 6.45) is 3.56. The zero-order valence-electron chi connectivity index (χ0n) is 12.5. The van der Waals surface area contributed by atoms with Crippen LogP contribution in [-0.4, -0.2) is 42.6 Å². The minimum atomic E-state index is -0.381. The molecular weight excluding hydrogens is 270 g/mol. The summed E-state index contributed by atoms with van der Waals surface area (Å²) in [5.41, 5.74) is 0.563. The Morgan fingerprint density at radius 3 is 2.81 bits per heavy atom. The maximum absolute atomic E-state index is 11.2. The van der Waals surface area contributed by atoms with Crippen LogP contribution in [0.4, 0.5) is 11.4 Å². The molecule has 0 amide bonds. The van der Waals surface area contributed by atoms with Gasteiger partial charge in [-0.2, -0.15) is 0 Å². The highest BCUT2D eigenvalue weighted by molar-refractivity contribution is 5.68. The largest absolute Gasteiger partial charge is 0.487 e. The molecule has 0 aliphatic carbocycles. The van der Waals surface area contributed by atoms with Crippen molar-refractivity contribution >= 4 is 11.4 Å². The van der Waals surface area contributed by atoms with Crippen molar-refractivity contribution in [2.45, 2.75) is 26.2 Å². The second-order valence-electron chi connectivity index (χ2n) is 5.17. The second kappa shape index (κ2) is 7.83. The molecule has 6 heteroatoms. The molecule has 0 aromatic heterocycles. The normalized spacial score (nSPS) is 15.1. The van der Waals surface area contributed by atoms with Crippen molar-refractivity contribution in [3.63, 3.8) is 0 Å². The molecule has 1 fully saturated rings. The number of likely N-dealkylation sites (tertiary alicyclic amines) is 1. The van der Waals surface area contributed by atoms with Gasteiger partial charge in [0.25, 0.3) is 0 Å². The van der Waals surface area contributed by atoms with Crippen molar-refractivity contribution < 1.29 is 9.66 Å². The quantitative estimate of drug-likeness (QED) is 0.453. The van der Waals surface area contributed by atoms with E-state index in [0.29, 0.717) is 18.0 Å². The van der Waals surface area contributed by atoms with Crippen LogP contribution in [-0.2, 0) is 0 Å². The van der Waals surface area contributed by atoms with Gasteiger partial charge in [0.1, 0.15) is 5.69 Å². The van der Waals surface area contributed by atoms with Crippen molar-refractivity contribution in [2.75, 3.05) is 38.1 Å². The summed E-state index contributed by atoms with van der Waals surface area (Å²) < 4.78 is 5.34. The molecule has 0 bridgehead atoms. The van der Waals surface area contributed by atoms with Crippen LogP contribution in [0.3, 0.4) is 0 Å². The number of anilines is 1. The van der Waals surface area contributed by atoms with E-state index in [1.807, 2.05) is 6.92 Å². The summed E-state index contributed by atoms with van der Waals surface area (Å²) in [6.45, 7) is 6.37. The van der Waals surface area contributed by atoms with E-state index in [0.717, 1.165) is 19.5 Å². The lowest BCUT2D eigenvalue weighted by atomic mass is 10.2. The number of nitro groups is 1. The molecule has 21 heavy (non-hydrogen) atoms. The van der Waals surface area contributed by atoms with E-state index in [1.165, 1.54) is 25.9 Å². The summed E-state index contributed by atoms with van der Waals surface area (Å²) in [7, 11) is 0. The maximum atomic E-state index is 11.2. The Labute approximate surface area is 125 Å². The second-order valence-corrected chi connectivity index (χ2v) is 5.17. The van der Waals surface area contributed by atoms with Crippen molar-refractivity contribution in [1.29, 1.82) is 0 Å². The Morgan fingerprint density at radius 2 is 2.14 bits per heavy atom. The molecule has 0 saturated carbocycles. The Bertz CT molecular complexity index is 473. The number of benzene rings is 1. The molecule has 1 aliphatic heterocycles. The van der Waals surface area contributed by atoms with Crippen LogP contribution in [0.5, 0.6) is 5.75 Å². The van der Waals surface area contributed by atoms with E-state index in [9.17, 15) is 10.1 Å². The summed E-state index contributed by atoms with van der Waals surface area (Å²) in [4.78, 5) is 13.3. The highest BCUT2D eigenvalue weighted by Crippen LogP contribution is 2.34. The molecule has 0 spiro atoms. The number of nitro benzene ring substituents is 1. The van der Waals surface area contributed by atoms with Gasteiger partial charge in [0, 0.05) is 6.54 Å². The van der Waals surface area contributed by atoms with Gasteiger partial charge >= 0.3 is 5.69 Å². The number of nitrogens with one attached hydrogen (secondary N) is 1. The lowest BCUT2D eigenvalue weighted by Crippen LogP contribution is -2.22. The fraction of sp³-hybridized carbons (Fsp3) is 0.600. The Morgan fingerprint density at radius 1 is 1.38 bits per heavy atom. The van der Waals surface area contributed by atoms with E-state index in [1.54, 1.807) is 18.2 Å². The topological polar surface area (TPSA) is 67.6 Å². The van der Waals surface area contributed by atoms with Crippen LogP contribution in [0.2, 0.25) is 0 Å². The van der Waals surface area contributed by atoms with Crippen LogP contribution in [0, 0.1) is 10.1 Å². The fourth-order valence-corrected chi connectivity index (χ4v) is 2.66. The van der Waals surface area contributed by atoms with E-state index < -0.39 is 0 Å². The van der Waals surface area contributed by atoms with Gasteiger partial charge in [0.15, 0.2) is 5.75 Å². The third-order valence-corrected chi connectivity index (χ3v) is 3.65. The SMILES string of the molecule is CCOc1cccc(NCCCN2CCCC2)c1[N+](=O)[O-]. The van der Waals surface area contributed by atoms with Crippen molar-refractivity contribution in [2.24, 2.45) is 0 Å². The van der Waals surface area contributed by atoms with Crippen LogP contribution in [0.25, 0.3) is 0 Å². The van der Waals surface area contributed by atoms with Crippen molar-refractivity contribution in [1.82, 2.24) is 4.90 Å². The van der Waals surface area contributed by atoms with Crippen LogP contribution in [0.1, 0.15) is 26.2 Å². The molecule has 1 heterocycles. The molecule has 0 radical (unpaired) electrons. The van der Waals surface area contributed by atoms with Crippen LogP contribution >= 0.6 is 0 Å². The lowest BCUT2D eigenvalue weighted by Gasteiger charge is -2.15. The Kier molecular flexibility index (Phi) is 5.80. The van der Waals surface area contributed by atoms with E-state index >= 15 is 0 Å². The smallest absolute Gasteiger partial charge is 0.333 e. The number of ether oxygens (including phenoxy) is 1. The molecular formula is C15H23N3O3. The van der Waals surface area contributed by atoms with Gasteiger partial charge < -0.3 is 15.0 Å². The summed E-state index contributed by atoms with van der Waals surface area (Å²) in [6, 6.07) is 5.15. The molecule has 2 rings (SSSR count). The maximum Gasteiger partial charge on any atom is 0.333 e. The van der Waals surface area contributed by atoms with Crippen LogP contribution in [0.15, 0.2) is 18.2 Å². The van der Waals surface area contributed by atoms with Gasteiger partial charge in [-0.15, -0.1) is 0 Å². The first kappa shape index (κ1) is 15.6. The third kappa shape index (κ3) is 4.32. The molecule has 0 unspecified atom stereocenters. The first-order valence-electron chi connectivity index (χ1n) is 7.58. The standard InChI is InChI=1S/C15H23N3O3/c1-2-21-14-8-5-7-13(15(14)18(19)20)16-9-6-12-17-10-3-4-11-17/h5,7-8,16H,2-4,6,9-12H2,1H3. The monoisotopic (exact) mass is 293 g/mol. The summed E-state index contributed by atoms with van der Waals surface area (Å²) in [5.74, 6) is 0.326. The highest BCUT2D eigenvalue weighted by atomic mass is 16.6. The molecule has 6 nitrogen and oxygen atoms in total. The van der Waals surface area contributed by atoms with Crippen molar-refractivity contribution in [3.8, 4) is 5.75 Å². The number of hydrogen-bond acceptors (Lipinski definition) is 5. The predicted octanol–water partition coefficient (Wildman–Crippen LogP) is 2.89. The molecule has 116 valence electrons. The minimum absolute atomic E-state index is 0.0283. The molecule has 1 aromatic carbocycles. The minimum Gasteiger partial charge on any atom is -0.487 e. The van der Waals surface area contributed by atoms with E-state index in [-0.39, 0.29) is 10.6 Å². The molecule has 1 aromatic rings. The predicted molar refractivity (Wildman–Crippen MR) is 83.0 cm³/mol. The fourth-order valence-electron chi connectivity index (χ4n) is 2.66. The highest BCUT2D eigenvalue weighted by Gasteiger charge is 2.20. The Hall–Kier alpha value is -1.82. The zero-order valence-corrected chi connectivity index (χ0v) is 12.5. The van der Waals surface area contributed by atoms with Crippen molar-refractivity contribution in [3.05, 3.63) is 28.3 Å². The summed E-state index contributed by atoms with van der Waals surface area (Å²) >= 11 is 0. The average molecular weight is 293 g/mol. The van der Waals surface area contributed by atoms with E-state index in [4.69, 9.17) is 4.74 Å². The Balaban J connectivity index is 1.92. The van der Waals surface area contributed by atoms with Gasteiger partial charge in [-0.3, -0.25) is 10.1 Å². The first-order chi connectivity index (χ1) is 10.2. The zero-order chi connectivity index (χ0) is 15.1. The van der Waals surface area contributed by atoms with Gasteiger partial charge in [0.05, 0.1) is 11.5 Å². The van der Waals surface area contributed by atoms with Gasteiger partial charge in [0.2, 0.25) is 0 Å². The number of para-hydroxylation sites is 1. The first-order valence-corrected chi connectivity index (χ1v) is 7.58.